The number of nitrogens with one attached hydrogen (secondary N) is 2. The molecule has 0 unspecified atom stereocenters. The average Bonchev–Trinajstić information content (AvgIpc) is 2.48. The maximum absolute atomic E-state index is 14.2. The minimum Gasteiger partial charge on any atom is -0.507 e. The molecule has 0 aromatic heterocycles. The molecule has 2 aromatic rings. The van der Waals surface area contributed by atoms with E-state index < -0.39 is 23.4 Å². The molecule has 0 fully saturated rings. The summed E-state index contributed by atoms with van der Waals surface area (Å²) in [5.41, 5.74) is 4.43. The first kappa shape index (κ1) is 16.3. The quantitative estimate of drug-likeness (QED) is 0.498. The summed E-state index contributed by atoms with van der Waals surface area (Å²) in [6, 6.07) is 7.82. The zero-order chi connectivity index (χ0) is 17.1. The highest BCUT2D eigenvalue weighted by Gasteiger charge is 2.23. The molecule has 0 atom stereocenters. The van der Waals surface area contributed by atoms with Crippen LogP contribution in [0.2, 0.25) is 5.02 Å². The van der Waals surface area contributed by atoms with Gasteiger partial charge in [0.25, 0.3) is 5.91 Å². The molecule has 0 heterocycles. The van der Waals surface area contributed by atoms with Crippen LogP contribution >= 0.6 is 11.6 Å². The average molecular weight is 333 g/mol. The topological polar surface area (TPSA) is 123 Å². The lowest BCUT2D eigenvalue weighted by atomic mass is 9.93. The molecule has 0 spiro atoms. The highest BCUT2D eigenvalue weighted by Crippen LogP contribution is 2.36. The summed E-state index contributed by atoms with van der Waals surface area (Å²) < 4.78 is 14.2. The number of guanidine groups is 1. The molecule has 0 bridgehead atoms. The van der Waals surface area contributed by atoms with E-state index in [0.29, 0.717) is 0 Å². The van der Waals surface area contributed by atoms with Gasteiger partial charge in [0.05, 0.1) is 17.2 Å². The zero-order valence-corrected chi connectivity index (χ0v) is 12.3. The third-order valence-electron chi connectivity index (χ3n) is 2.98. The summed E-state index contributed by atoms with van der Waals surface area (Å²) in [5.74, 6) is -2.82. The summed E-state index contributed by atoms with van der Waals surface area (Å²) in [6.07, 6.45) is 0. The summed E-state index contributed by atoms with van der Waals surface area (Å²) in [5, 5.41) is 28.5. The van der Waals surface area contributed by atoms with Gasteiger partial charge in [-0.1, -0.05) is 11.6 Å². The van der Waals surface area contributed by atoms with Crippen molar-refractivity contribution >= 4 is 23.5 Å². The molecule has 0 aliphatic carbocycles. The predicted molar refractivity (Wildman–Crippen MR) is 82.6 cm³/mol. The fraction of sp³-hybridized carbons (Fsp3) is 0. The molecule has 6 nitrogen and oxygen atoms in total. The normalized spacial score (nSPS) is 9.96. The number of rotatable bonds is 2. The molecule has 1 amide bonds. The second kappa shape index (κ2) is 6.34. The van der Waals surface area contributed by atoms with Gasteiger partial charge in [0.15, 0.2) is 5.96 Å². The molecule has 8 heteroatoms. The minimum absolute atomic E-state index is 0.0438. The minimum atomic E-state index is -0.943. The Balaban J connectivity index is 2.82. The Kier molecular flexibility index (Phi) is 4.48. The number of nitrogens with two attached hydrogens (primary N) is 1. The van der Waals surface area contributed by atoms with E-state index in [1.165, 1.54) is 18.2 Å². The zero-order valence-electron chi connectivity index (χ0n) is 11.5. The molecule has 23 heavy (non-hydrogen) atoms. The highest BCUT2D eigenvalue weighted by atomic mass is 35.5. The van der Waals surface area contributed by atoms with Crippen molar-refractivity contribution in [3.8, 4) is 22.9 Å². The van der Waals surface area contributed by atoms with E-state index in [1.54, 1.807) is 0 Å². The van der Waals surface area contributed by atoms with Gasteiger partial charge < -0.3 is 10.8 Å². The predicted octanol–water partition coefficient (Wildman–Crippen LogP) is 2.35. The number of phenols is 1. The van der Waals surface area contributed by atoms with Gasteiger partial charge in [0.2, 0.25) is 0 Å². The smallest absolute Gasteiger partial charge is 0.262 e. The van der Waals surface area contributed by atoms with Crippen molar-refractivity contribution < 1.29 is 14.3 Å². The molecule has 0 aliphatic rings. The van der Waals surface area contributed by atoms with Crippen molar-refractivity contribution in [2.24, 2.45) is 5.73 Å². The van der Waals surface area contributed by atoms with Crippen molar-refractivity contribution in [1.82, 2.24) is 5.32 Å². The number of nitrogens with zero attached hydrogens (tertiary/aromatic N) is 1. The first-order valence-electron chi connectivity index (χ1n) is 6.22. The van der Waals surface area contributed by atoms with E-state index in [9.17, 15) is 19.6 Å². The van der Waals surface area contributed by atoms with Gasteiger partial charge in [-0.3, -0.25) is 15.5 Å². The number of nitriles is 1. The second-order valence-corrected chi connectivity index (χ2v) is 4.92. The number of amides is 1. The molecular formula is C15H10ClFN4O2. The number of aromatic hydroxyl groups is 1. The standard InChI is InChI=1S/C15H10ClFN4O2/c16-8-2-3-10(17)9(5-8)12-7(6-18)1-4-11(22)13(12)14(23)21-15(19)20/h1-5,22H,(H4,19,20,21,23). The van der Waals surface area contributed by atoms with Crippen LogP contribution in [0.25, 0.3) is 11.1 Å². The van der Waals surface area contributed by atoms with Crippen LogP contribution in [0.1, 0.15) is 15.9 Å². The number of hydrogen-bond donors (Lipinski definition) is 4. The van der Waals surface area contributed by atoms with E-state index in [4.69, 9.17) is 22.7 Å². The number of phenolic OH excluding ortho intramolecular Hbond substituents is 1. The fourth-order valence-electron chi connectivity index (χ4n) is 2.07. The lowest BCUT2D eigenvalue weighted by molar-refractivity contribution is 0.0974. The van der Waals surface area contributed by atoms with Crippen molar-refractivity contribution in [1.29, 1.82) is 10.7 Å². The lowest BCUT2D eigenvalue weighted by Crippen LogP contribution is -2.36. The Hall–Kier alpha value is -3.11. The Bertz CT molecular complexity index is 861. The van der Waals surface area contributed by atoms with E-state index in [1.807, 2.05) is 11.4 Å². The number of halogens is 2. The van der Waals surface area contributed by atoms with Gasteiger partial charge >= 0.3 is 0 Å². The first-order valence-corrected chi connectivity index (χ1v) is 6.59. The summed E-state index contributed by atoms with van der Waals surface area (Å²) in [6.45, 7) is 0. The molecule has 2 aromatic carbocycles. The molecule has 5 N–H and O–H groups in total. The van der Waals surface area contributed by atoms with Crippen LogP contribution in [0.3, 0.4) is 0 Å². The van der Waals surface area contributed by atoms with Crippen molar-refractivity contribution in [3.05, 3.63) is 52.3 Å². The van der Waals surface area contributed by atoms with Crippen LogP contribution in [0.4, 0.5) is 4.39 Å². The van der Waals surface area contributed by atoms with Gasteiger partial charge in [0.1, 0.15) is 11.6 Å². The van der Waals surface area contributed by atoms with E-state index >= 15 is 0 Å². The van der Waals surface area contributed by atoms with Gasteiger partial charge in [-0.25, -0.2) is 4.39 Å². The number of carbonyl (C=O) groups excluding carboxylic acids is 1. The summed E-state index contributed by atoms with van der Waals surface area (Å²) >= 11 is 5.85. The van der Waals surface area contributed by atoms with Gasteiger partial charge in [0, 0.05) is 16.1 Å². The SMILES string of the molecule is N#Cc1ccc(O)c(C(=O)NC(=N)N)c1-c1cc(Cl)ccc1F. The van der Waals surface area contributed by atoms with Crippen LogP contribution in [-0.4, -0.2) is 17.0 Å². The van der Waals surface area contributed by atoms with Crippen LogP contribution in [0, 0.1) is 22.6 Å². The van der Waals surface area contributed by atoms with Crippen LogP contribution in [0.5, 0.6) is 5.75 Å². The Morgan fingerprint density at radius 2 is 2.09 bits per heavy atom. The maximum Gasteiger partial charge on any atom is 0.262 e. The lowest BCUT2D eigenvalue weighted by Gasteiger charge is -2.14. The highest BCUT2D eigenvalue weighted by molar-refractivity contribution is 6.31. The molecule has 116 valence electrons. The van der Waals surface area contributed by atoms with Crippen LogP contribution in [-0.2, 0) is 0 Å². The molecule has 0 aliphatic heterocycles. The second-order valence-electron chi connectivity index (χ2n) is 4.49. The summed E-state index contributed by atoms with van der Waals surface area (Å²) in [7, 11) is 0. The Morgan fingerprint density at radius 1 is 1.39 bits per heavy atom. The molecule has 0 radical (unpaired) electrons. The monoisotopic (exact) mass is 332 g/mol. The third-order valence-corrected chi connectivity index (χ3v) is 3.21. The van der Waals surface area contributed by atoms with Gasteiger partial charge in [-0.2, -0.15) is 5.26 Å². The number of benzene rings is 2. The first-order chi connectivity index (χ1) is 10.8. The molecule has 0 saturated heterocycles. The van der Waals surface area contributed by atoms with E-state index in [2.05, 4.69) is 0 Å². The van der Waals surface area contributed by atoms with Crippen molar-refractivity contribution in [2.45, 2.75) is 0 Å². The van der Waals surface area contributed by atoms with Crippen LogP contribution in [0.15, 0.2) is 30.3 Å². The van der Waals surface area contributed by atoms with Crippen molar-refractivity contribution in [3.63, 3.8) is 0 Å². The maximum atomic E-state index is 14.2. The van der Waals surface area contributed by atoms with Crippen molar-refractivity contribution in [2.75, 3.05) is 0 Å². The number of carbonyl (C=O) groups is 1. The Morgan fingerprint density at radius 3 is 2.70 bits per heavy atom. The van der Waals surface area contributed by atoms with Gasteiger partial charge in [-0.15, -0.1) is 0 Å². The largest absolute Gasteiger partial charge is 0.507 e. The number of hydrogen-bond acceptors (Lipinski definition) is 4. The fourth-order valence-corrected chi connectivity index (χ4v) is 2.24. The molecule has 2 rings (SSSR count). The summed E-state index contributed by atoms with van der Waals surface area (Å²) in [4.78, 5) is 12.2. The van der Waals surface area contributed by atoms with Crippen LogP contribution < -0.4 is 11.1 Å². The molecular weight excluding hydrogens is 323 g/mol. The van der Waals surface area contributed by atoms with E-state index in [0.717, 1.165) is 12.1 Å². The molecule has 0 saturated carbocycles. The van der Waals surface area contributed by atoms with E-state index in [-0.39, 0.29) is 27.3 Å². The third kappa shape index (κ3) is 3.22. The Labute approximate surface area is 135 Å². The van der Waals surface area contributed by atoms with Gasteiger partial charge in [-0.05, 0) is 30.3 Å².